The predicted octanol–water partition coefficient (Wildman–Crippen LogP) is 3.55. The summed E-state index contributed by atoms with van der Waals surface area (Å²) in [6.45, 7) is -0.0960. The van der Waals surface area contributed by atoms with Gasteiger partial charge in [-0.15, -0.1) is 0 Å². The molecule has 1 amide bonds. The van der Waals surface area contributed by atoms with E-state index in [9.17, 15) is 18.0 Å². The fraction of sp³-hybridized carbons (Fsp3) is 0.125. The van der Waals surface area contributed by atoms with Crippen LogP contribution >= 0.6 is 0 Å². The number of halogens is 3. The molecule has 4 N–H and O–H groups in total. The van der Waals surface area contributed by atoms with Crippen molar-refractivity contribution in [1.82, 2.24) is 0 Å². The lowest BCUT2D eigenvalue weighted by molar-refractivity contribution is -0.137. The van der Waals surface area contributed by atoms with Gasteiger partial charge in [0.05, 0.1) is 5.56 Å². The van der Waals surface area contributed by atoms with E-state index >= 15 is 0 Å². The van der Waals surface area contributed by atoms with Crippen molar-refractivity contribution in [2.75, 3.05) is 5.32 Å². The number of carbonyl (C=O) groups is 1. The van der Waals surface area contributed by atoms with Gasteiger partial charge in [0.2, 0.25) is 0 Å². The van der Waals surface area contributed by atoms with Crippen LogP contribution in [0.2, 0.25) is 0 Å². The standard InChI is InChI=1S/C16H14F3N3O3/c17-16(18,19)12-2-1-3-13(8-12)21-15(23)25-9-10-4-6-11(7-5-10)14(20)22-24/h1-8,24H,9H2,(H2,20,22)(H,21,23). The van der Waals surface area contributed by atoms with Crippen molar-refractivity contribution in [3.63, 3.8) is 0 Å². The molecule has 0 spiro atoms. The normalized spacial score (nSPS) is 11.9. The monoisotopic (exact) mass is 353 g/mol. The van der Waals surface area contributed by atoms with Crippen LogP contribution in [0.3, 0.4) is 0 Å². The minimum Gasteiger partial charge on any atom is -0.444 e. The Labute approximate surface area is 140 Å². The Kier molecular flexibility index (Phi) is 5.48. The van der Waals surface area contributed by atoms with Gasteiger partial charge >= 0.3 is 12.3 Å². The van der Waals surface area contributed by atoms with Gasteiger partial charge in [0, 0.05) is 11.3 Å². The molecule has 0 atom stereocenters. The SMILES string of the molecule is N/C(=N\O)c1ccc(COC(=O)Nc2cccc(C(F)(F)F)c2)cc1. The first kappa shape index (κ1) is 18.1. The molecule has 0 aliphatic rings. The topological polar surface area (TPSA) is 96.9 Å². The summed E-state index contributed by atoms with van der Waals surface area (Å²) in [5.41, 5.74) is 5.63. The summed E-state index contributed by atoms with van der Waals surface area (Å²) < 4.78 is 42.8. The second kappa shape index (κ2) is 7.56. The number of hydrogen-bond donors (Lipinski definition) is 3. The van der Waals surface area contributed by atoms with Crippen molar-refractivity contribution >= 4 is 17.6 Å². The number of alkyl halides is 3. The quantitative estimate of drug-likeness (QED) is 0.339. The molecule has 132 valence electrons. The molecule has 6 nitrogen and oxygen atoms in total. The summed E-state index contributed by atoms with van der Waals surface area (Å²) in [6, 6.07) is 10.6. The summed E-state index contributed by atoms with van der Waals surface area (Å²) >= 11 is 0. The zero-order chi connectivity index (χ0) is 18.4. The molecular formula is C16H14F3N3O3. The van der Waals surface area contributed by atoms with Crippen LogP contribution in [-0.2, 0) is 17.5 Å². The summed E-state index contributed by atoms with van der Waals surface area (Å²) in [6.07, 6.45) is -5.39. The number of nitrogens with one attached hydrogen (secondary N) is 1. The van der Waals surface area contributed by atoms with Crippen LogP contribution in [-0.4, -0.2) is 17.1 Å². The van der Waals surface area contributed by atoms with Crippen LogP contribution in [0, 0.1) is 0 Å². The highest BCUT2D eigenvalue weighted by Crippen LogP contribution is 2.30. The van der Waals surface area contributed by atoms with Gasteiger partial charge < -0.3 is 15.7 Å². The maximum atomic E-state index is 12.6. The van der Waals surface area contributed by atoms with Crippen LogP contribution < -0.4 is 11.1 Å². The molecule has 0 heterocycles. The van der Waals surface area contributed by atoms with E-state index in [1.807, 2.05) is 0 Å². The molecule has 0 bridgehead atoms. The molecule has 2 aromatic carbocycles. The van der Waals surface area contributed by atoms with E-state index in [1.54, 1.807) is 24.3 Å². The number of benzene rings is 2. The van der Waals surface area contributed by atoms with Crippen LogP contribution in [0.1, 0.15) is 16.7 Å². The molecule has 9 heteroatoms. The lowest BCUT2D eigenvalue weighted by Gasteiger charge is -2.10. The van der Waals surface area contributed by atoms with Crippen molar-refractivity contribution in [3.8, 4) is 0 Å². The maximum Gasteiger partial charge on any atom is 0.416 e. The summed E-state index contributed by atoms with van der Waals surface area (Å²) in [5.74, 6) is -0.0604. The molecule has 2 aromatic rings. The Morgan fingerprint density at radius 2 is 1.88 bits per heavy atom. The van der Waals surface area contributed by atoms with Gasteiger partial charge in [-0.05, 0) is 23.8 Å². The first-order valence-electron chi connectivity index (χ1n) is 6.97. The number of nitrogens with zero attached hydrogens (tertiary/aromatic N) is 1. The van der Waals surface area contributed by atoms with Gasteiger partial charge in [-0.2, -0.15) is 13.2 Å². The Balaban J connectivity index is 1.93. The lowest BCUT2D eigenvalue weighted by Crippen LogP contribution is -2.15. The minimum absolute atomic E-state index is 0.0258. The van der Waals surface area contributed by atoms with Crippen LogP contribution in [0.4, 0.5) is 23.7 Å². The fourth-order valence-corrected chi connectivity index (χ4v) is 1.91. The third kappa shape index (κ3) is 5.13. The van der Waals surface area contributed by atoms with Crippen LogP contribution in [0.5, 0.6) is 0 Å². The second-order valence-electron chi connectivity index (χ2n) is 4.96. The average Bonchev–Trinajstić information content (AvgIpc) is 2.59. The second-order valence-corrected chi connectivity index (χ2v) is 4.96. The minimum atomic E-state index is -4.50. The Bertz CT molecular complexity index is 774. The molecular weight excluding hydrogens is 339 g/mol. The number of hydrogen-bond acceptors (Lipinski definition) is 4. The molecule has 0 saturated carbocycles. The molecule has 0 radical (unpaired) electrons. The first-order valence-corrected chi connectivity index (χ1v) is 6.97. The maximum absolute atomic E-state index is 12.6. The van der Waals surface area contributed by atoms with E-state index < -0.39 is 17.8 Å². The number of amides is 1. The number of amidine groups is 1. The lowest BCUT2D eigenvalue weighted by atomic mass is 10.1. The van der Waals surface area contributed by atoms with Gasteiger partial charge in [-0.3, -0.25) is 5.32 Å². The summed E-state index contributed by atoms with van der Waals surface area (Å²) in [7, 11) is 0. The molecule has 0 unspecified atom stereocenters. The Hall–Kier alpha value is -3.23. The predicted molar refractivity (Wildman–Crippen MR) is 84.2 cm³/mol. The first-order chi connectivity index (χ1) is 11.8. The van der Waals surface area contributed by atoms with Gasteiger partial charge in [0.1, 0.15) is 6.61 Å². The zero-order valence-corrected chi connectivity index (χ0v) is 12.7. The Morgan fingerprint density at radius 3 is 2.48 bits per heavy atom. The highest BCUT2D eigenvalue weighted by molar-refractivity contribution is 5.96. The number of anilines is 1. The Morgan fingerprint density at radius 1 is 1.20 bits per heavy atom. The summed E-state index contributed by atoms with van der Waals surface area (Å²) in [5, 5.41) is 13.6. The zero-order valence-electron chi connectivity index (χ0n) is 12.7. The molecule has 0 aliphatic carbocycles. The molecule has 2 rings (SSSR count). The molecule has 0 saturated heterocycles. The molecule has 0 aliphatic heterocycles. The third-order valence-electron chi connectivity index (χ3n) is 3.16. The van der Waals surface area contributed by atoms with Crippen molar-refractivity contribution in [2.45, 2.75) is 12.8 Å². The van der Waals surface area contributed by atoms with E-state index in [1.165, 1.54) is 12.1 Å². The van der Waals surface area contributed by atoms with Crippen molar-refractivity contribution in [2.24, 2.45) is 10.9 Å². The van der Waals surface area contributed by atoms with Gasteiger partial charge in [0.15, 0.2) is 5.84 Å². The molecule has 25 heavy (non-hydrogen) atoms. The molecule has 0 fully saturated rings. The van der Waals surface area contributed by atoms with Gasteiger partial charge in [-0.1, -0.05) is 35.5 Å². The number of rotatable bonds is 4. The van der Waals surface area contributed by atoms with Crippen LogP contribution in [0.15, 0.2) is 53.7 Å². The van der Waals surface area contributed by atoms with Crippen LogP contribution in [0.25, 0.3) is 0 Å². The van der Waals surface area contributed by atoms with Crippen molar-refractivity contribution < 1.29 is 27.9 Å². The van der Waals surface area contributed by atoms with Crippen molar-refractivity contribution in [1.29, 1.82) is 0 Å². The van der Waals surface area contributed by atoms with Gasteiger partial charge in [-0.25, -0.2) is 4.79 Å². The highest BCUT2D eigenvalue weighted by atomic mass is 19.4. The fourth-order valence-electron chi connectivity index (χ4n) is 1.91. The van der Waals surface area contributed by atoms with E-state index in [0.717, 1.165) is 12.1 Å². The highest BCUT2D eigenvalue weighted by Gasteiger charge is 2.30. The number of carbonyl (C=O) groups excluding carboxylic acids is 1. The van der Waals surface area contributed by atoms with E-state index in [0.29, 0.717) is 11.1 Å². The number of ether oxygens (including phenoxy) is 1. The third-order valence-corrected chi connectivity index (χ3v) is 3.16. The van der Waals surface area contributed by atoms with E-state index in [-0.39, 0.29) is 18.1 Å². The average molecular weight is 353 g/mol. The smallest absolute Gasteiger partial charge is 0.416 e. The number of oxime groups is 1. The largest absolute Gasteiger partial charge is 0.444 e. The van der Waals surface area contributed by atoms with Gasteiger partial charge in [0.25, 0.3) is 0 Å². The van der Waals surface area contributed by atoms with Crippen molar-refractivity contribution in [3.05, 3.63) is 65.2 Å². The van der Waals surface area contributed by atoms with E-state index in [2.05, 4.69) is 10.5 Å². The summed E-state index contributed by atoms with van der Waals surface area (Å²) in [4.78, 5) is 11.7. The van der Waals surface area contributed by atoms with E-state index in [4.69, 9.17) is 15.7 Å². The molecule has 0 aromatic heterocycles. The number of nitrogens with two attached hydrogens (primary N) is 1.